The second-order valence-corrected chi connectivity index (χ2v) is 9.00. The van der Waals surface area contributed by atoms with Crippen molar-refractivity contribution in [1.82, 2.24) is 14.8 Å². The molecule has 1 amide bonds. The van der Waals surface area contributed by atoms with E-state index in [9.17, 15) is 4.79 Å². The van der Waals surface area contributed by atoms with Gasteiger partial charge in [-0.05, 0) is 67.8 Å². The van der Waals surface area contributed by atoms with Crippen LogP contribution in [0.2, 0.25) is 0 Å². The first kappa shape index (κ1) is 24.1. The molecule has 1 aliphatic rings. The van der Waals surface area contributed by atoms with Gasteiger partial charge in [-0.2, -0.15) is 4.98 Å². The van der Waals surface area contributed by atoms with Gasteiger partial charge in [0.05, 0.1) is 25.5 Å². The minimum absolute atomic E-state index is 0.260. The fourth-order valence-corrected chi connectivity index (χ4v) is 4.48. The molecule has 8 heteroatoms. The number of rotatable bonds is 6. The van der Waals surface area contributed by atoms with Gasteiger partial charge in [0, 0.05) is 11.3 Å². The molecule has 0 aliphatic carbocycles. The minimum Gasteiger partial charge on any atom is -0.497 e. The Labute approximate surface area is 216 Å². The minimum atomic E-state index is -0.510. The number of para-hydroxylation sites is 2. The summed E-state index contributed by atoms with van der Waals surface area (Å²) in [5, 5.41) is 11.2. The molecule has 2 heterocycles. The van der Waals surface area contributed by atoms with Crippen molar-refractivity contribution in [3.63, 3.8) is 0 Å². The van der Waals surface area contributed by atoms with Gasteiger partial charge < -0.3 is 20.1 Å². The van der Waals surface area contributed by atoms with Crippen LogP contribution in [-0.4, -0.2) is 34.9 Å². The maximum atomic E-state index is 13.8. The maximum Gasteiger partial charge on any atom is 0.255 e. The van der Waals surface area contributed by atoms with Gasteiger partial charge in [-0.3, -0.25) is 4.79 Å². The smallest absolute Gasteiger partial charge is 0.255 e. The first-order chi connectivity index (χ1) is 17.9. The number of amides is 1. The van der Waals surface area contributed by atoms with Crippen molar-refractivity contribution in [2.24, 2.45) is 0 Å². The molecule has 37 heavy (non-hydrogen) atoms. The van der Waals surface area contributed by atoms with Crippen LogP contribution in [0.4, 0.5) is 11.6 Å². The van der Waals surface area contributed by atoms with Crippen LogP contribution in [0.3, 0.4) is 0 Å². The van der Waals surface area contributed by atoms with Crippen molar-refractivity contribution in [3.8, 4) is 22.9 Å². The SMILES string of the molecule is COc1ccc(C2C(C(=O)Nc3ccccc3OC)=C(C)Nc3nc(-c4ccc(C)c(C)c4)nn32)cc1. The normalized spacial score (nSPS) is 14.6. The van der Waals surface area contributed by atoms with Crippen LogP contribution in [0, 0.1) is 13.8 Å². The van der Waals surface area contributed by atoms with Crippen LogP contribution in [-0.2, 0) is 4.79 Å². The van der Waals surface area contributed by atoms with Gasteiger partial charge >= 0.3 is 0 Å². The quantitative estimate of drug-likeness (QED) is 0.367. The van der Waals surface area contributed by atoms with E-state index in [1.807, 2.05) is 61.5 Å². The fourth-order valence-electron chi connectivity index (χ4n) is 4.48. The number of aromatic nitrogens is 3. The van der Waals surface area contributed by atoms with Crippen molar-refractivity contribution in [2.45, 2.75) is 26.8 Å². The molecule has 1 aromatic heterocycles. The lowest BCUT2D eigenvalue weighted by Gasteiger charge is -2.29. The van der Waals surface area contributed by atoms with Gasteiger partial charge in [0.25, 0.3) is 5.91 Å². The van der Waals surface area contributed by atoms with Crippen LogP contribution >= 0.6 is 0 Å². The number of nitrogens with one attached hydrogen (secondary N) is 2. The summed E-state index contributed by atoms with van der Waals surface area (Å²) in [6.45, 7) is 6.02. The molecular formula is C29H29N5O3. The second-order valence-electron chi connectivity index (χ2n) is 9.00. The van der Waals surface area contributed by atoms with Gasteiger partial charge in [0.15, 0.2) is 5.82 Å². The Morgan fingerprint density at radius 2 is 1.70 bits per heavy atom. The molecule has 1 unspecified atom stereocenters. The van der Waals surface area contributed by atoms with Gasteiger partial charge in [-0.15, -0.1) is 5.10 Å². The van der Waals surface area contributed by atoms with Gasteiger partial charge in [0.2, 0.25) is 5.95 Å². The molecule has 2 N–H and O–H groups in total. The molecule has 188 valence electrons. The average molecular weight is 496 g/mol. The van der Waals surface area contributed by atoms with Gasteiger partial charge in [-0.1, -0.05) is 36.4 Å². The molecule has 0 saturated heterocycles. The van der Waals surface area contributed by atoms with E-state index >= 15 is 0 Å². The largest absolute Gasteiger partial charge is 0.497 e. The Balaban J connectivity index is 1.60. The molecule has 5 rings (SSSR count). The zero-order valence-electron chi connectivity index (χ0n) is 21.5. The van der Waals surface area contributed by atoms with E-state index in [4.69, 9.17) is 19.6 Å². The molecule has 4 aromatic rings. The highest BCUT2D eigenvalue weighted by molar-refractivity contribution is 6.06. The maximum absolute atomic E-state index is 13.8. The number of fused-ring (bicyclic) bond motifs is 1. The highest BCUT2D eigenvalue weighted by atomic mass is 16.5. The van der Waals surface area contributed by atoms with Crippen molar-refractivity contribution in [1.29, 1.82) is 0 Å². The topological polar surface area (TPSA) is 90.3 Å². The number of allylic oxidation sites excluding steroid dienone is 1. The summed E-state index contributed by atoms with van der Waals surface area (Å²) in [5.74, 6) is 2.21. The summed E-state index contributed by atoms with van der Waals surface area (Å²) in [7, 11) is 3.20. The Morgan fingerprint density at radius 3 is 2.41 bits per heavy atom. The number of anilines is 2. The molecule has 0 bridgehead atoms. The van der Waals surface area contributed by atoms with E-state index in [1.54, 1.807) is 18.9 Å². The molecule has 0 spiro atoms. The van der Waals surface area contributed by atoms with Crippen molar-refractivity contribution in [3.05, 3.63) is 94.7 Å². The number of ether oxygens (including phenoxy) is 2. The van der Waals surface area contributed by atoms with Crippen LogP contribution in [0.25, 0.3) is 11.4 Å². The lowest BCUT2D eigenvalue weighted by atomic mass is 9.95. The number of hydrogen-bond donors (Lipinski definition) is 2. The van der Waals surface area contributed by atoms with Crippen LogP contribution < -0.4 is 20.1 Å². The van der Waals surface area contributed by atoms with Crippen LogP contribution in [0.1, 0.15) is 29.7 Å². The lowest BCUT2D eigenvalue weighted by Crippen LogP contribution is -2.31. The summed E-state index contributed by atoms with van der Waals surface area (Å²) < 4.78 is 12.6. The summed E-state index contributed by atoms with van der Waals surface area (Å²) in [4.78, 5) is 18.6. The molecular weight excluding hydrogens is 466 g/mol. The third kappa shape index (κ3) is 4.53. The van der Waals surface area contributed by atoms with E-state index in [2.05, 4.69) is 36.6 Å². The van der Waals surface area contributed by atoms with Crippen molar-refractivity contribution >= 4 is 17.5 Å². The molecule has 3 aromatic carbocycles. The van der Waals surface area contributed by atoms with E-state index < -0.39 is 6.04 Å². The molecule has 0 fully saturated rings. The highest BCUT2D eigenvalue weighted by Crippen LogP contribution is 2.38. The Kier molecular flexibility index (Phi) is 6.40. The Morgan fingerprint density at radius 1 is 0.946 bits per heavy atom. The monoisotopic (exact) mass is 495 g/mol. The Bertz CT molecular complexity index is 1500. The third-order valence-electron chi connectivity index (χ3n) is 6.65. The lowest BCUT2D eigenvalue weighted by molar-refractivity contribution is -0.113. The number of nitrogens with zero attached hydrogens (tertiary/aromatic N) is 3. The first-order valence-electron chi connectivity index (χ1n) is 12.0. The number of methoxy groups -OCH3 is 2. The van der Waals surface area contributed by atoms with Gasteiger partial charge in [-0.25, -0.2) is 4.68 Å². The molecule has 0 saturated carbocycles. The predicted molar refractivity (Wildman–Crippen MR) is 144 cm³/mol. The summed E-state index contributed by atoms with van der Waals surface area (Å²) in [6.07, 6.45) is 0. The van der Waals surface area contributed by atoms with Crippen molar-refractivity contribution < 1.29 is 14.3 Å². The number of carbonyl (C=O) groups excluding carboxylic acids is 1. The van der Waals surface area contributed by atoms with E-state index in [-0.39, 0.29) is 5.91 Å². The summed E-state index contributed by atoms with van der Waals surface area (Å²) in [5.41, 5.74) is 5.97. The average Bonchev–Trinajstić information content (AvgIpc) is 3.33. The zero-order valence-corrected chi connectivity index (χ0v) is 21.5. The fraction of sp³-hybridized carbons (Fsp3) is 0.207. The molecule has 1 aliphatic heterocycles. The predicted octanol–water partition coefficient (Wildman–Crippen LogP) is 5.51. The molecule has 0 radical (unpaired) electrons. The number of benzene rings is 3. The second kappa shape index (κ2) is 9.81. The van der Waals surface area contributed by atoms with Crippen LogP contribution in [0.5, 0.6) is 11.5 Å². The van der Waals surface area contributed by atoms with Crippen LogP contribution in [0.15, 0.2) is 78.0 Å². The molecule has 8 nitrogen and oxygen atoms in total. The summed E-state index contributed by atoms with van der Waals surface area (Å²) in [6, 6.07) is 20.6. The first-order valence-corrected chi connectivity index (χ1v) is 12.0. The zero-order chi connectivity index (χ0) is 26.1. The highest BCUT2D eigenvalue weighted by Gasteiger charge is 2.34. The van der Waals surface area contributed by atoms with Gasteiger partial charge in [0.1, 0.15) is 17.5 Å². The third-order valence-corrected chi connectivity index (χ3v) is 6.65. The van der Waals surface area contributed by atoms with E-state index in [0.29, 0.717) is 34.5 Å². The van der Waals surface area contributed by atoms with E-state index in [1.165, 1.54) is 5.56 Å². The Hall–Kier alpha value is -4.59. The van der Waals surface area contributed by atoms with E-state index in [0.717, 1.165) is 22.4 Å². The summed E-state index contributed by atoms with van der Waals surface area (Å²) >= 11 is 0. The number of hydrogen-bond acceptors (Lipinski definition) is 6. The molecule has 1 atom stereocenters. The standard InChI is InChI=1S/C29H29N5O3/c1-17-10-11-21(16-18(17)2)27-32-29-30-19(3)25(28(35)31-23-8-6-7-9-24(23)37-5)26(34(29)33-27)20-12-14-22(36-4)15-13-20/h6-16,26H,1-5H3,(H,31,35)(H,30,32,33). The number of carbonyl (C=O) groups is 1. The van der Waals surface area contributed by atoms with Crippen molar-refractivity contribution in [2.75, 3.05) is 24.9 Å². The number of aryl methyl sites for hydroxylation is 2.